The van der Waals surface area contributed by atoms with Crippen LogP contribution in [-0.4, -0.2) is 23.2 Å². The molecule has 3 rings (SSSR count). The first kappa shape index (κ1) is 17.7. The molecule has 0 bridgehead atoms. The van der Waals surface area contributed by atoms with Gasteiger partial charge in [-0.2, -0.15) is 4.98 Å². The molecule has 0 saturated carbocycles. The van der Waals surface area contributed by atoms with Gasteiger partial charge in [-0.3, -0.25) is 4.79 Å². The molecule has 0 saturated heterocycles. The minimum absolute atomic E-state index is 0.0885. The standard InChI is InChI=1S/C20H21N3O3/c1-13-7-8-15(9-14(13)2)10-18(24)21-12-19-22-20(23-26-19)16-5-4-6-17(11-16)25-3/h4-9,11H,10,12H2,1-3H3,(H,21,24). The normalized spacial score (nSPS) is 10.6. The number of hydrogen-bond donors (Lipinski definition) is 1. The monoisotopic (exact) mass is 351 g/mol. The average Bonchev–Trinajstić information content (AvgIpc) is 3.12. The molecule has 1 aromatic heterocycles. The molecule has 0 aliphatic rings. The van der Waals surface area contributed by atoms with Gasteiger partial charge in [-0.15, -0.1) is 0 Å². The Bertz CT molecular complexity index is 918. The van der Waals surface area contributed by atoms with Crippen molar-refractivity contribution in [2.75, 3.05) is 7.11 Å². The molecule has 0 fully saturated rings. The lowest BCUT2D eigenvalue weighted by Crippen LogP contribution is -2.24. The lowest BCUT2D eigenvalue weighted by atomic mass is 10.0. The van der Waals surface area contributed by atoms with Gasteiger partial charge in [0.25, 0.3) is 0 Å². The summed E-state index contributed by atoms with van der Waals surface area (Å²) in [6.45, 7) is 4.28. The summed E-state index contributed by atoms with van der Waals surface area (Å²) in [5, 5.41) is 6.76. The van der Waals surface area contributed by atoms with Gasteiger partial charge in [0.15, 0.2) is 0 Å². The van der Waals surface area contributed by atoms with Gasteiger partial charge in [-0.25, -0.2) is 0 Å². The van der Waals surface area contributed by atoms with E-state index in [4.69, 9.17) is 9.26 Å². The van der Waals surface area contributed by atoms with Gasteiger partial charge in [0.2, 0.25) is 17.6 Å². The van der Waals surface area contributed by atoms with Gasteiger partial charge in [0.05, 0.1) is 20.1 Å². The molecule has 1 heterocycles. The highest BCUT2D eigenvalue weighted by atomic mass is 16.5. The van der Waals surface area contributed by atoms with Crippen molar-refractivity contribution in [3.05, 3.63) is 65.0 Å². The Morgan fingerprint density at radius 2 is 2.00 bits per heavy atom. The number of carbonyl (C=O) groups excluding carboxylic acids is 1. The number of rotatable bonds is 6. The van der Waals surface area contributed by atoms with Crippen LogP contribution in [0.15, 0.2) is 47.0 Å². The predicted octanol–water partition coefficient (Wildman–Crippen LogP) is 3.22. The van der Waals surface area contributed by atoms with E-state index in [-0.39, 0.29) is 12.5 Å². The van der Waals surface area contributed by atoms with Crippen LogP contribution in [-0.2, 0) is 17.8 Å². The van der Waals surface area contributed by atoms with Crippen molar-refractivity contribution in [3.8, 4) is 17.1 Å². The zero-order valence-corrected chi connectivity index (χ0v) is 15.1. The number of nitrogens with zero attached hydrogens (tertiary/aromatic N) is 2. The molecule has 6 nitrogen and oxygen atoms in total. The fourth-order valence-electron chi connectivity index (χ4n) is 2.54. The van der Waals surface area contributed by atoms with Gasteiger partial charge < -0.3 is 14.6 Å². The first-order valence-corrected chi connectivity index (χ1v) is 8.35. The van der Waals surface area contributed by atoms with Crippen molar-refractivity contribution in [3.63, 3.8) is 0 Å². The van der Waals surface area contributed by atoms with E-state index < -0.39 is 0 Å². The third kappa shape index (κ3) is 4.27. The van der Waals surface area contributed by atoms with Crippen molar-refractivity contribution in [1.29, 1.82) is 0 Å². The highest BCUT2D eigenvalue weighted by Gasteiger charge is 2.11. The van der Waals surface area contributed by atoms with E-state index in [0.717, 1.165) is 16.9 Å². The maximum absolute atomic E-state index is 12.1. The Labute approximate surface area is 152 Å². The van der Waals surface area contributed by atoms with Gasteiger partial charge >= 0.3 is 0 Å². The average molecular weight is 351 g/mol. The first-order chi connectivity index (χ1) is 12.5. The maximum atomic E-state index is 12.1. The zero-order chi connectivity index (χ0) is 18.5. The number of hydrogen-bond acceptors (Lipinski definition) is 5. The quantitative estimate of drug-likeness (QED) is 0.738. The lowest BCUT2D eigenvalue weighted by Gasteiger charge is -2.05. The molecule has 1 N–H and O–H groups in total. The Hall–Kier alpha value is -3.15. The number of methoxy groups -OCH3 is 1. The molecule has 2 aromatic carbocycles. The van der Waals surface area contributed by atoms with Crippen LogP contribution < -0.4 is 10.1 Å². The van der Waals surface area contributed by atoms with E-state index in [1.807, 2.05) is 49.4 Å². The Morgan fingerprint density at radius 1 is 1.15 bits per heavy atom. The van der Waals surface area contributed by atoms with Gasteiger partial charge in [0, 0.05) is 5.56 Å². The third-order valence-corrected chi connectivity index (χ3v) is 4.17. The van der Waals surface area contributed by atoms with E-state index in [1.165, 1.54) is 11.1 Å². The van der Waals surface area contributed by atoms with Crippen molar-refractivity contribution in [2.24, 2.45) is 0 Å². The second-order valence-electron chi connectivity index (χ2n) is 6.12. The number of ether oxygens (including phenoxy) is 1. The predicted molar refractivity (Wildman–Crippen MR) is 97.8 cm³/mol. The van der Waals surface area contributed by atoms with Crippen molar-refractivity contribution < 1.29 is 14.1 Å². The largest absolute Gasteiger partial charge is 0.497 e. The van der Waals surface area contributed by atoms with Crippen molar-refractivity contribution in [1.82, 2.24) is 15.5 Å². The highest BCUT2D eigenvalue weighted by Crippen LogP contribution is 2.21. The number of benzene rings is 2. The number of aryl methyl sites for hydroxylation is 2. The van der Waals surface area contributed by atoms with Gasteiger partial charge in [0.1, 0.15) is 5.75 Å². The highest BCUT2D eigenvalue weighted by molar-refractivity contribution is 5.78. The minimum atomic E-state index is -0.0885. The summed E-state index contributed by atoms with van der Waals surface area (Å²) in [7, 11) is 1.60. The zero-order valence-electron chi connectivity index (χ0n) is 15.1. The molecule has 0 aliphatic heterocycles. The summed E-state index contributed by atoms with van der Waals surface area (Å²) >= 11 is 0. The molecule has 1 amide bonds. The van der Waals surface area contributed by atoms with E-state index in [2.05, 4.69) is 22.4 Å². The third-order valence-electron chi connectivity index (χ3n) is 4.17. The summed E-state index contributed by atoms with van der Waals surface area (Å²) in [6, 6.07) is 13.4. The van der Waals surface area contributed by atoms with Crippen LogP contribution in [0.4, 0.5) is 0 Å². The van der Waals surface area contributed by atoms with Gasteiger partial charge in [-0.05, 0) is 42.7 Å². The molecule has 6 heteroatoms. The summed E-state index contributed by atoms with van der Waals surface area (Å²) in [4.78, 5) is 16.4. The van der Waals surface area contributed by atoms with Crippen LogP contribution in [0.2, 0.25) is 0 Å². The summed E-state index contributed by atoms with van der Waals surface area (Å²) in [6.07, 6.45) is 0.317. The fraction of sp³-hybridized carbons (Fsp3) is 0.250. The summed E-state index contributed by atoms with van der Waals surface area (Å²) in [5.74, 6) is 1.45. The van der Waals surface area contributed by atoms with E-state index in [9.17, 15) is 4.79 Å². The van der Waals surface area contributed by atoms with Crippen LogP contribution in [0.5, 0.6) is 5.75 Å². The second-order valence-corrected chi connectivity index (χ2v) is 6.12. The van der Waals surface area contributed by atoms with Crippen LogP contribution in [0.25, 0.3) is 11.4 Å². The lowest BCUT2D eigenvalue weighted by molar-refractivity contribution is -0.120. The first-order valence-electron chi connectivity index (χ1n) is 8.35. The summed E-state index contributed by atoms with van der Waals surface area (Å²) in [5.41, 5.74) is 4.16. The van der Waals surface area contributed by atoms with Gasteiger partial charge in [-0.1, -0.05) is 35.5 Å². The van der Waals surface area contributed by atoms with Crippen LogP contribution in [0.3, 0.4) is 0 Å². The topological polar surface area (TPSA) is 77.3 Å². The van der Waals surface area contributed by atoms with Crippen molar-refractivity contribution >= 4 is 5.91 Å². The smallest absolute Gasteiger partial charge is 0.246 e. The van der Waals surface area contributed by atoms with E-state index >= 15 is 0 Å². The minimum Gasteiger partial charge on any atom is -0.497 e. The van der Waals surface area contributed by atoms with E-state index in [0.29, 0.717) is 18.1 Å². The SMILES string of the molecule is COc1cccc(-c2noc(CNC(=O)Cc3ccc(C)c(C)c3)n2)c1. The molecule has 26 heavy (non-hydrogen) atoms. The number of carbonyl (C=O) groups is 1. The molecular weight excluding hydrogens is 330 g/mol. The Balaban J connectivity index is 1.58. The van der Waals surface area contributed by atoms with E-state index in [1.54, 1.807) is 7.11 Å². The second kappa shape index (κ2) is 7.82. The number of nitrogens with one attached hydrogen (secondary N) is 1. The van der Waals surface area contributed by atoms with Crippen LogP contribution >= 0.6 is 0 Å². The fourth-order valence-corrected chi connectivity index (χ4v) is 2.54. The van der Waals surface area contributed by atoms with Crippen LogP contribution in [0, 0.1) is 13.8 Å². The molecule has 0 unspecified atom stereocenters. The van der Waals surface area contributed by atoms with Crippen LogP contribution in [0.1, 0.15) is 22.6 Å². The molecule has 0 atom stereocenters. The van der Waals surface area contributed by atoms with Crippen molar-refractivity contribution in [2.45, 2.75) is 26.8 Å². The molecule has 0 aliphatic carbocycles. The molecule has 0 radical (unpaired) electrons. The summed E-state index contributed by atoms with van der Waals surface area (Å²) < 4.78 is 10.4. The Kier molecular flexibility index (Phi) is 5.31. The Morgan fingerprint density at radius 3 is 2.77 bits per heavy atom. The number of aromatic nitrogens is 2. The molecule has 3 aromatic rings. The molecule has 0 spiro atoms. The maximum Gasteiger partial charge on any atom is 0.246 e. The molecular formula is C20H21N3O3. The molecule has 134 valence electrons. The number of amides is 1.